The molecule has 4 heteroatoms. The Labute approximate surface area is 111 Å². The Bertz CT molecular complexity index is 615. The van der Waals surface area contributed by atoms with Crippen molar-refractivity contribution in [1.29, 1.82) is 5.26 Å². The summed E-state index contributed by atoms with van der Waals surface area (Å²) in [5, 5.41) is 8.71. The van der Waals surface area contributed by atoms with Crippen LogP contribution in [0.3, 0.4) is 0 Å². The maximum Gasteiger partial charge on any atom is 0.167 e. The lowest BCUT2D eigenvalue weighted by Crippen LogP contribution is -2.07. The van der Waals surface area contributed by atoms with Crippen molar-refractivity contribution in [3.8, 4) is 17.6 Å². The summed E-state index contributed by atoms with van der Waals surface area (Å²) in [6.07, 6.45) is 0. The molecule has 96 valence electrons. The minimum absolute atomic E-state index is 0.127. The van der Waals surface area contributed by atoms with Gasteiger partial charge in [0.05, 0.1) is 11.6 Å². The molecule has 2 aromatic carbocycles. The average molecular weight is 256 g/mol. The van der Waals surface area contributed by atoms with Gasteiger partial charge in [-0.3, -0.25) is 0 Å². The molecule has 0 aliphatic heterocycles. The van der Waals surface area contributed by atoms with Crippen molar-refractivity contribution in [3.05, 3.63) is 59.4 Å². The maximum absolute atomic E-state index is 13.8. The van der Waals surface area contributed by atoms with Gasteiger partial charge >= 0.3 is 0 Å². The van der Waals surface area contributed by atoms with Crippen molar-refractivity contribution in [2.24, 2.45) is 5.73 Å². The van der Waals surface area contributed by atoms with Crippen LogP contribution in [0.5, 0.6) is 11.5 Å². The molecule has 19 heavy (non-hydrogen) atoms. The van der Waals surface area contributed by atoms with Crippen molar-refractivity contribution in [2.45, 2.75) is 13.0 Å². The Morgan fingerprint density at radius 2 is 1.89 bits per heavy atom. The second-order valence-electron chi connectivity index (χ2n) is 4.19. The number of hydrogen-bond acceptors (Lipinski definition) is 3. The van der Waals surface area contributed by atoms with Gasteiger partial charge < -0.3 is 10.5 Å². The standard InChI is InChI=1S/C15H13FN2O/c1-10(18)13-3-2-4-14(16)15(13)19-12-7-5-11(9-17)6-8-12/h2-8,10H,18H2,1H3. The molecule has 1 unspecified atom stereocenters. The smallest absolute Gasteiger partial charge is 0.167 e. The van der Waals surface area contributed by atoms with E-state index in [2.05, 4.69) is 0 Å². The molecular weight excluding hydrogens is 243 g/mol. The molecule has 0 aromatic heterocycles. The molecule has 0 saturated carbocycles. The van der Waals surface area contributed by atoms with Crippen LogP contribution < -0.4 is 10.5 Å². The van der Waals surface area contributed by atoms with E-state index in [0.717, 1.165) is 0 Å². The molecule has 0 aliphatic carbocycles. The molecule has 1 atom stereocenters. The lowest BCUT2D eigenvalue weighted by molar-refractivity contribution is 0.432. The van der Waals surface area contributed by atoms with E-state index in [-0.39, 0.29) is 11.8 Å². The van der Waals surface area contributed by atoms with Crippen molar-refractivity contribution < 1.29 is 9.13 Å². The largest absolute Gasteiger partial charge is 0.454 e. The summed E-state index contributed by atoms with van der Waals surface area (Å²) in [6.45, 7) is 1.76. The van der Waals surface area contributed by atoms with Gasteiger partial charge in [0, 0.05) is 11.6 Å². The number of nitrogens with zero attached hydrogens (tertiary/aromatic N) is 1. The molecule has 0 aliphatic rings. The molecule has 2 rings (SSSR count). The van der Waals surface area contributed by atoms with E-state index in [4.69, 9.17) is 15.7 Å². The van der Waals surface area contributed by atoms with Gasteiger partial charge in [-0.2, -0.15) is 5.26 Å². The summed E-state index contributed by atoms with van der Waals surface area (Å²) in [7, 11) is 0. The molecule has 2 N–H and O–H groups in total. The first kappa shape index (κ1) is 13.1. The van der Waals surface area contributed by atoms with E-state index in [0.29, 0.717) is 16.9 Å². The van der Waals surface area contributed by atoms with Crippen molar-refractivity contribution in [2.75, 3.05) is 0 Å². The SMILES string of the molecule is CC(N)c1cccc(F)c1Oc1ccc(C#N)cc1. The zero-order valence-electron chi connectivity index (χ0n) is 10.4. The first-order valence-corrected chi connectivity index (χ1v) is 5.84. The van der Waals surface area contributed by atoms with Crippen LogP contribution in [0.4, 0.5) is 4.39 Å². The van der Waals surface area contributed by atoms with Crippen LogP contribution in [0, 0.1) is 17.1 Å². The Morgan fingerprint density at radius 1 is 1.21 bits per heavy atom. The highest BCUT2D eigenvalue weighted by atomic mass is 19.1. The van der Waals surface area contributed by atoms with E-state index in [1.54, 1.807) is 43.3 Å². The zero-order valence-corrected chi connectivity index (χ0v) is 10.4. The highest BCUT2D eigenvalue weighted by Crippen LogP contribution is 2.31. The molecule has 0 amide bonds. The van der Waals surface area contributed by atoms with Crippen LogP contribution in [0.2, 0.25) is 0 Å². The fraction of sp³-hybridized carbons (Fsp3) is 0.133. The van der Waals surface area contributed by atoms with Crippen LogP contribution >= 0.6 is 0 Å². The van der Waals surface area contributed by atoms with Crippen molar-refractivity contribution in [1.82, 2.24) is 0 Å². The molecule has 0 bridgehead atoms. The predicted octanol–water partition coefficient (Wildman–Crippen LogP) is 3.51. The Hall–Kier alpha value is -2.38. The van der Waals surface area contributed by atoms with Crippen LogP contribution in [0.25, 0.3) is 0 Å². The molecule has 0 saturated heterocycles. The molecule has 3 nitrogen and oxygen atoms in total. The number of hydrogen-bond donors (Lipinski definition) is 1. The highest BCUT2D eigenvalue weighted by Gasteiger charge is 2.13. The average Bonchev–Trinajstić information content (AvgIpc) is 2.41. The van der Waals surface area contributed by atoms with E-state index in [1.165, 1.54) is 6.07 Å². The minimum atomic E-state index is -0.459. The fourth-order valence-corrected chi connectivity index (χ4v) is 1.71. The van der Waals surface area contributed by atoms with Gasteiger partial charge in [-0.25, -0.2) is 4.39 Å². The Morgan fingerprint density at radius 3 is 2.47 bits per heavy atom. The zero-order chi connectivity index (χ0) is 13.8. The first-order chi connectivity index (χ1) is 9.11. The third-order valence-electron chi connectivity index (χ3n) is 2.69. The molecule has 0 spiro atoms. The number of halogens is 1. The van der Waals surface area contributed by atoms with E-state index < -0.39 is 5.82 Å². The van der Waals surface area contributed by atoms with Crippen LogP contribution in [0.1, 0.15) is 24.1 Å². The first-order valence-electron chi connectivity index (χ1n) is 5.84. The topological polar surface area (TPSA) is 59.0 Å². The van der Waals surface area contributed by atoms with Gasteiger partial charge in [0.15, 0.2) is 11.6 Å². The lowest BCUT2D eigenvalue weighted by Gasteiger charge is -2.14. The minimum Gasteiger partial charge on any atom is -0.454 e. The van der Waals surface area contributed by atoms with Gasteiger partial charge in [0.2, 0.25) is 0 Å². The van der Waals surface area contributed by atoms with E-state index in [9.17, 15) is 4.39 Å². The summed E-state index contributed by atoms with van der Waals surface area (Å²) in [5.74, 6) is 0.132. The third kappa shape index (κ3) is 2.90. The van der Waals surface area contributed by atoms with Gasteiger partial charge in [-0.1, -0.05) is 12.1 Å². The van der Waals surface area contributed by atoms with E-state index in [1.807, 2.05) is 6.07 Å². The van der Waals surface area contributed by atoms with Crippen LogP contribution in [0.15, 0.2) is 42.5 Å². The number of nitriles is 1. The summed E-state index contributed by atoms with van der Waals surface area (Å²) >= 11 is 0. The van der Waals surface area contributed by atoms with Crippen LogP contribution in [-0.2, 0) is 0 Å². The van der Waals surface area contributed by atoms with Crippen molar-refractivity contribution in [3.63, 3.8) is 0 Å². The number of ether oxygens (including phenoxy) is 1. The van der Waals surface area contributed by atoms with Crippen molar-refractivity contribution >= 4 is 0 Å². The van der Waals surface area contributed by atoms with Gasteiger partial charge in [0.25, 0.3) is 0 Å². The van der Waals surface area contributed by atoms with Crippen LogP contribution in [-0.4, -0.2) is 0 Å². The summed E-state index contributed by atoms with van der Waals surface area (Å²) in [5.41, 5.74) is 6.92. The molecule has 0 heterocycles. The normalized spacial score (nSPS) is 11.7. The Kier molecular flexibility index (Phi) is 3.79. The monoisotopic (exact) mass is 256 g/mol. The number of benzene rings is 2. The molecule has 2 aromatic rings. The molecule has 0 fully saturated rings. The third-order valence-corrected chi connectivity index (χ3v) is 2.69. The number of rotatable bonds is 3. The lowest BCUT2D eigenvalue weighted by atomic mass is 10.1. The highest BCUT2D eigenvalue weighted by molar-refractivity contribution is 5.42. The number of nitrogens with two attached hydrogens (primary N) is 1. The van der Waals surface area contributed by atoms with Gasteiger partial charge in [-0.05, 0) is 37.3 Å². The van der Waals surface area contributed by atoms with Gasteiger partial charge in [-0.15, -0.1) is 0 Å². The van der Waals surface area contributed by atoms with Gasteiger partial charge in [0.1, 0.15) is 5.75 Å². The second-order valence-corrected chi connectivity index (χ2v) is 4.19. The Balaban J connectivity index is 2.34. The second kappa shape index (κ2) is 5.51. The summed E-state index contributed by atoms with van der Waals surface area (Å²) in [4.78, 5) is 0. The maximum atomic E-state index is 13.8. The molecular formula is C15H13FN2O. The summed E-state index contributed by atoms with van der Waals surface area (Å²) in [6, 6.07) is 12.8. The number of para-hydroxylation sites is 1. The predicted molar refractivity (Wildman–Crippen MR) is 70.2 cm³/mol. The molecule has 0 radical (unpaired) electrons. The quantitative estimate of drug-likeness (QED) is 0.914. The fourth-order valence-electron chi connectivity index (χ4n) is 1.71. The summed E-state index contributed by atoms with van der Waals surface area (Å²) < 4.78 is 19.3. The van der Waals surface area contributed by atoms with E-state index >= 15 is 0 Å².